The first kappa shape index (κ1) is 22.2. The number of para-hydroxylation sites is 1. The van der Waals surface area contributed by atoms with Crippen LogP contribution in [0.15, 0.2) is 54.9 Å². The molecule has 174 valence electrons. The molecule has 8 nitrogen and oxygen atoms in total. The molecule has 2 aromatic heterocycles. The minimum atomic E-state index is -0.741. The van der Waals surface area contributed by atoms with Crippen LogP contribution < -0.4 is 5.32 Å². The zero-order valence-electron chi connectivity index (χ0n) is 19.0. The fourth-order valence-electron chi connectivity index (χ4n) is 4.10. The number of amides is 2. The number of carbonyl (C=O) groups is 2. The number of benzene rings is 2. The minimum absolute atomic E-state index is 0.106. The third-order valence-corrected chi connectivity index (χ3v) is 6.86. The van der Waals surface area contributed by atoms with E-state index in [2.05, 4.69) is 15.3 Å². The maximum Gasteiger partial charge on any atom is 0.255 e. The van der Waals surface area contributed by atoms with E-state index in [4.69, 9.17) is 4.74 Å². The molecule has 0 spiro atoms. The van der Waals surface area contributed by atoms with Gasteiger partial charge >= 0.3 is 0 Å². The maximum atomic E-state index is 13.2. The minimum Gasteiger partial charge on any atom is -0.365 e. The number of hydrogen-bond donors (Lipinski definition) is 1. The lowest BCUT2D eigenvalue weighted by molar-refractivity contribution is -0.131. The first-order valence-corrected chi connectivity index (χ1v) is 11.9. The third kappa shape index (κ3) is 4.57. The topological polar surface area (TPSA) is 89.4 Å². The van der Waals surface area contributed by atoms with Crippen LogP contribution in [0.4, 0.5) is 5.69 Å². The number of nitrogens with one attached hydrogen (secondary N) is 1. The molecule has 0 saturated carbocycles. The first-order valence-electron chi connectivity index (χ1n) is 11.1. The predicted molar refractivity (Wildman–Crippen MR) is 131 cm³/mol. The highest BCUT2D eigenvalue weighted by atomic mass is 32.1. The number of fused-ring (bicyclic) bond motifs is 1. The quantitative estimate of drug-likeness (QED) is 0.476. The number of ether oxygens (including phenoxy) is 1. The van der Waals surface area contributed by atoms with Crippen molar-refractivity contribution in [1.29, 1.82) is 0 Å². The van der Waals surface area contributed by atoms with E-state index in [1.165, 1.54) is 0 Å². The van der Waals surface area contributed by atoms with E-state index < -0.39 is 6.10 Å². The van der Waals surface area contributed by atoms with Crippen molar-refractivity contribution in [3.63, 3.8) is 0 Å². The SMILES string of the molecule is Cc1nc2ccc(C(=O)N3CCOC(C(=O)Nc4ccccc4Cn4ccnc4C)C3)cc2s1. The Morgan fingerprint density at radius 3 is 2.88 bits per heavy atom. The van der Waals surface area contributed by atoms with Crippen LogP contribution >= 0.6 is 11.3 Å². The summed E-state index contributed by atoms with van der Waals surface area (Å²) in [5.41, 5.74) is 3.17. The second kappa shape index (κ2) is 9.36. The third-order valence-electron chi connectivity index (χ3n) is 5.93. The standard InChI is InChI=1S/C25H25N5O3S/c1-16-26-9-10-29(16)14-19-5-3-4-6-20(19)28-24(31)22-15-30(11-12-33-22)25(32)18-7-8-21-23(13-18)34-17(2)27-21/h3-10,13,22H,11-12,14-15H2,1-2H3,(H,28,31). The predicted octanol–water partition coefficient (Wildman–Crippen LogP) is 3.64. The van der Waals surface area contributed by atoms with Gasteiger partial charge in [0.15, 0.2) is 6.10 Å². The monoisotopic (exact) mass is 475 g/mol. The number of anilines is 1. The second-order valence-electron chi connectivity index (χ2n) is 8.27. The number of morpholine rings is 1. The van der Waals surface area contributed by atoms with Gasteiger partial charge in [0, 0.05) is 30.2 Å². The Hall–Kier alpha value is -3.56. The molecule has 2 amide bonds. The van der Waals surface area contributed by atoms with Crippen molar-refractivity contribution in [3.05, 3.63) is 76.8 Å². The van der Waals surface area contributed by atoms with Crippen LogP contribution in [0.25, 0.3) is 10.2 Å². The van der Waals surface area contributed by atoms with Gasteiger partial charge in [-0.25, -0.2) is 9.97 Å². The molecular formula is C25H25N5O3S. The molecule has 0 radical (unpaired) electrons. The molecule has 3 heterocycles. The highest BCUT2D eigenvalue weighted by Gasteiger charge is 2.30. The average molecular weight is 476 g/mol. The van der Waals surface area contributed by atoms with Crippen LogP contribution in [0.5, 0.6) is 0 Å². The van der Waals surface area contributed by atoms with Crippen molar-refractivity contribution < 1.29 is 14.3 Å². The lowest BCUT2D eigenvalue weighted by Gasteiger charge is -2.32. The Kier molecular flexibility index (Phi) is 6.12. The van der Waals surface area contributed by atoms with Gasteiger partial charge in [-0.2, -0.15) is 0 Å². The molecule has 0 bridgehead atoms. The van der Waals surface area contributed by atoms with E-state index in [1.54, 1.807) is 28.5 Å². The highest BCUT2D eigenvalue weighted by molar-refractivity contribution is 7.18. The van der Waals surface area contributed by atoms with Crippen LogP contribution in [0, 0.1) is 13.8 Å². The summed E-state index contributed by atoms with van der Waals surface area (Å²) in [5.74, 6) is 0.531. The molecule has 5 rings (SSSR count). The van der Waals surface area contributed by atoms with Crippen LogP contribution in [-0.4, -0.2) is 57.0 Å². The van der Waals surface area contributed by atoms with Crippen molar-refractivity contribution in [3.8, 4) is 0 Å². The fraction of sp³-hybridized carbons (Fsp3) is 0.280. The summed E-state index contributed by atoms with van der Waals surface area (Å²) < 4.78 is 8.74. The molecule has 1 unspecified atom stereocenters. The summed E-state index contributed by atoms with van der Waals surface area (Å²) in [6.45, 7) is 5.44. The maximum absolute atomic E-state index is 13.2. The fourth-order valence-corrected chi connectivity index (χ4v) is 4.96. The van der Waals surface area contributed by atoms with E-state index in [1.807, 2.05) is 61.0 Å². The molecule has 1 fully saturated rings. The number of nitrogens with zero attached hydrogens (tertiary/aromatic N) is 4. The smallest absolute Gasteiger partial charge is 0.255 e. The lowest BCUT2D eigenvalue weighted by atomic mass is 10.1. The van der Waals surface area contributed by atoms with Crippen molar-refractivity contribution in [1.82, 2.24) is 19.4 Å². The van der Waals surface area contributed by atoms with Crippen molar-refractivity contribution >= 4 is 39.1 Å². The van der Waals surface area contributed by atoms with E-state index in [0.29, 0.717) is 25.3 Å². The largest absolute Gasteiger partial charge is 0.365 e. The van der Waals surface area contributed by atoms with Gasteiger partial charge in [0.2, 0.25) is 0 Å². The lowest BCUT2D eigenvalue weighted by Crippen LogP contribution is -2.50. The highest BCUT2D eigenvalue weighted by Crippen LogP contribution is 2.24. The summed E-state index contributed by atoms with van der Waals surface area (Å²) in [5, 5.41) is 3.96. The Bertz CT molecular complexity index is 1360. The van der Waals surface area contributed by atoms with Crippen molar-refractivity contribution in [2.45, 2.75) is 26.5 Å². The number of hydrogen-bond acceptors (Lipinski definition) is 6. The zero-order chi connectivity index (χ0) is 23.7. The Morgan fingerprint density at radius 2 is 2.06 bits per heavy atom. The Balaban J connectivity index is 1.28. The van der Waals surface area contributed by atoms with E-state index in [9.17, 15) is 9.59 Å². The summed E-state index contributed by atoms with van der Waals surface area (Å²) in [7, 11) is 0. The second-order valence-corrected chi connectivity index (χ2v) is 9.51. The average Bonchev–Trinajstić information content (AvgIpc) is 3.43. The van der Waals surface area contributed by atoms with Gasteiger partial charge in [0.1, 0.15) is 5.82 Å². The number of imidazole rings is 1. The summed E-state index contributed by atoms with van der Waals surface area (Å²) in [6, 6.07) is 13.2. The Morgan fingerprint density at radius 1 is 1.21 bits per heavy atom. The van der Waals surface area contributed by atoms with Crippen LogP contribution in [-0.2, 0) is 16.1 Å². The summed E-state index contributed by atoms with van der Waals surface area (Å²) >= 11 is 1.56. The molecule has 1 N–H and O–H groups in total. The van der Waals surface area contributed by atoms with Crippen molar-refractivity contribution in [2.75, 3.05) is 25.0 Å². The van der Waals surface area contributed by atoms with E-state index in [0.717, 1.165) is 32.3 Å². The summed E-state index contributed by atoms with van der Waals surface area (Å²) in [6.07, 6.45) is 2.92. The molecule has 0 aliphatic carbocycles. The number of aryl methyl sites for hydroxylation is 2. The van der Waals surface area contributed by atoms with Gasteiger partial charge in [-0.3, -0.25) is 9.59 Å². The van der Waals surface area contributed by atoms with Gasteiger partial charge in [-0.1, -0.05) is 18.2 Å². The first-order chi connectivity index (χ1) is 16.5. The van der Waals surface area contributed by atoms with Gasteiger partial charge in [0.25, 0.3) is 11.8 Å². The molecular weight excluding hydrogens is 450 g/mol. The number of carbonyl (C=O) groups excluding carboxylic acids is 2. The molecule has 34 heavy (non-hydrogen) atoms. The molecule has 2 aromatic carbocycles. The number of aromatic nitrogens is 3. The molecule has 1 atom stereocenters. The van der Waals surface area contributed by atoms with Crippen LogP contribution in [0.2, 0.25) is 0 Å². The van der Waals surface area contributed by atoms with Gasteiger partial charge in [0.05, 0.1) is 34.9 Å². The van der Waals surface area contributed by atoms with Gasteiger partial charge in [-0.05, 0) is 43.7 Å². The zero-order valence-corrected chi connectivity index (χ0v) is 19.8. The molecule has 4 aromatic rings. The van der Waals surface area contributed by atoms with E-state index in [-0.39, 0.29) is 18.4 Å². The molecule has 1 aliphatic heterocycles. The van der Waals surface area contributed by atoms with Gasteiger partial charge in [-0.15, -0.1) is 11.3 Å². The molecule has 1 saturated heterocycles. The Labute approximate surface area is 201 Å². The molecule has 9 heteroatoms. The van der Waals surface area contributed by atoms with Crippen molar-refractivity contribution in [2.24, 2.45) is 0 Å². The number of rotatable bonds is 5. The number of thiazole rings is 1. The normalized spacial score (nSPS) is 16.1. The van der Waals surface area contributed by atoms with Crippen LogP contribution in [0.3, 0.4) is 0 Å². The van der Waals surface area contributed by atoms with Crippen LogP contribution in [0.1, 0.15) is 26.8 Å². The van der Waals surface area contributed by atoms with E-state index >= 15 is 0 Å². The molecule has 1 aliphatic rings. The van der Waals surface area contributed by atoms with Gasteiger partial charge < -0.3 is 19.5 Å². The summed E-state index contributed by atoms with van der Waals surface area (Å²) in [4.78, 5) is 36.6.